The summed E-state index contributed by atoms with van der Waals surface area (Å²) < 4.78 is 5.65. The molecule has 2 amide bonds. The van der Waals surface area contributed by atoms with Gasteiger partial charge in [0.25, 0.3) is 11.8 Å². The molecule has 1 fully saturated rings. The molecule has 5 heteroatoms. The van der Waals surface area contributed by atoms with Crippen molar-refractivity contribution in [2.45, 2.75) is 58.0 Å². The van der Waals surface area contributed by atoms with Crippen LogP contribution in [0, 0.1) is 0 Å². The summed E-state index contributed by atoms with van der Waals surface area (Å²) in [6.45, 7) is 7.08. The average Bonchev–Trinajstić information content (AvgIpc) is 3.54. The Balaban J connectivity index is 1.56. The zero-order valence-corrected chi connectivity index (χ0v) is 17.3. The zero-order chi connectivity index (χ0) is 20.6. The SMILES string of the molecule is CCC(C)(C)c1ccc2c(c1)N(Cc1ccc(C(=O)NC3CC3)cc1)C(=O)CO2. The van der Waals surface area contributed by atoms with Gasteiger partial charge in [0.1, 0.15) is 5.75 Å². The number of rotatable bonds is 6. The third kappa shape index (κ3) is 4.14. The second kappa shape index (κ2) is 7.54. The Kier molecular flexibility index (Phi) is 5.07. The number of ether oxygens (including phenoxy) is 1. The first-order chi connectivity index (χ1) is 13.9. The van der Waals surface area contributed by atoms with Crippen LogP contribution in [0.25, 0.3) is 0 Å². The molecule has 0 atom stereocenters. The molecular formula is C24H28N2O3. The van der Waals surface area contributed by atoms with Gasteiger partial charge >= 0.3 is 0 Å². The van der Waals surface area contributed by atoms with Crippen molar-refractivity contribution < 1.29 is 14.3 Å². The molecule has 29 heavy (non-hydrogen) atoms. The molecule has 1 saturated carbocycles. The summed E-state index contributed by atoms with van der Waals surface area (Å²) in [5.41, 5.74) is 3.67. The van der Waals surface area contributed by atoms with Crippen LogP contribution in [0.4, 0.5) is 5.69 Å². The second-order valence-electron chi connectivity index (χ2n) is 8.63. The molecule has 0 bridgehead atoms. The number of anilines is 1. The molecular weight excluding hydrogens is 364 g/mol. The lowest BCUT2D eigenvalue weighted by Crippen LogP contribution is -2.38. The number of amides is 2. The van der Waals surface area contributed by atoms with Crippen molar-refractivity contribution in [1.29, 1.82) is 0 Å². The van der Waals surface area contributed by atoms with Crippen LogP contribution in [-0.4, -0.2) is 24.5 Å². The summed E-state index contributed by atoms with van der Waals surface area (Å²) in [4.78, 5) is 26.6. The highest BCUT2D eigenvalue weighted by Crippen LogP contribution is 2.38. The van der Waals surface area contributed by atoms with Crippen LogP contribution < -0.4 is 15.0 Å². The van der Waals surface area contributed by atoms with Crippen LogP contribution >= 0.6 is 0 Å². The fourth-order valence-corrected chi connectivity index (χ4v) is 3.44. The molecule has 1 aliphatic heterocycles. The maximum atomic E-state index is 12.6. The minimum absolute atomic E-state index is 0.0256. The summed E-state index contributed by atoms with van der Waals surface area (Å²) >= 11 is 0. The van der Waals surface area contributed by atoms with Gasteiger partial charge in [0.15, 0.2) is 6.61 Å². The number of benzene rings is 2. The maximum absolute atomic E-state index is 12.6. The van der Waals surface area contributed by atoms with E-state index in [1.165, 1.54) is 5.56 Å². The molecule has 5 nitrogen and oxygen atoms in total. The molecule has 0 saturated heterocycles. The largest absolute Gasteiger partial charge is 0.482 e. The zero-order valence-electron chi connectivity index (χ0n) is 17.3. The van der Waals surface area contributed by atoms with Gasteiger partial charge in [0.05, 0.1) is 12.2 Å². The van der Waals surface area contributed by atoms with Gasteiger partial charge in [0.2, 0.25) is 0 Å². The first-order valence-electron chi connectivity index (χ1n) is 10.3. The van der Waals surface area contributed by atoms with Gasteiger partial charge in [-0.15, -0.1) is 0 Å². The molecule has 1 heterocycles. The van der Waals surface area contributed by atoms with Crippen molar-refractivity contribution in [3.05, 3.63) is 59.2 Å². The Bertz CT molecular complexity index is 930. The Morgan fingerprint density at radius 1 is 1.17 bits per heavy atom. The first kappa shape index (κ1) is 19.5. The van der Waals surface area contributed by atoms with E-state index in [4.69, 9.17) is 4.74 Å². The van der Waals surface area contributed by atoms with E-state index >= 15 is 0 Å². The van der Waals surface area contributed by atoms with Gasteiger partial charge in [-0.1, -0.05) is 39.0 Å². The maximum Gasteiger partial charge on any atom is 0.265 e. The van der Waals surface area contributed by atoms with Crippen LogP contribution in [0.15, 0.2) is 42.5 Å². The van der Waals surface area contributed by atoms with Crippen molar-refractivity contribution in [2.24, 2.45) is 0 Å². The van der Waals surface area contributed by atoms with Gasteiger partial charge < -0.3 is 15.0 Å². The number of carbonyl (C=O) groups is 2. The summed E-state index contributed by atoms with van der Waals surface area (Å²) in [6, 6.07) is 14.0. The predicted molar refractivity (Wildman–Crippen MR) is 113 cm³/mol. The van der Waals surface area contributed by atoms with Crippen LogP contribution in [-0.2, 0) is 16.8 Å². The minimum Gasteiger partial charge on any atom is -0.482 e. The number of nitrogens with zero attached hydrogens (tertiary/aromatic N) is 1. The van der Waals surface area contributed by atoms with E-state index in [1.54, 1.807) is 4.90 Å². The van der Waals surface area contributed by atoms with Crippen LogP contribution in [0.1, 0.15) is 61.5 Å². The van der Waals surface area contributed by atoms with E-state index in [9.17, 15) is 9.59 Å². The molecule has 1 aliphatic carbocycles. The lowest BCUT2D eigenvalue weighted by Gasteiger charge is -2.32. The number of hydrogen-bond donors (Lipinski definition) is 1. The first-order valence-corrected chi connectivity index (χ1v) is 10.3. The van der Waals surface area contributed by atoms with E-state index in [-0.39, 0.29) is 23.8 Å². The van der Waals surface area contributed by atoms with Crippen LogP contribution in [0.2, 0.25) is 0 Å². The Hall–Kier alpha value is -2.82. The summed E-state index contributed by atoms with van der Waals surface area (Å²) in [7, 11) is 0. The molecule has 0 radical (unpaired) electrons. The molecule has 0 unspecified atom stereocenters. The minimum atomic E-state index is -0.0560. The molecule has 4 rings (SSSR count). The third-order valence-electron chi connectivity index (χ3n) is 6.04. The topological polar surface area (TPSA) is 58.6 Å². The molecule has 2 aromatic rings. The van der Waals surface area contributed by atoms with E-state index in [0.29, 0.717) is 18.2 Å². The van der Waals surface area contributed by atoms with Crippen molar-refractivity contribution in [1.82, 2.24) is 5.32 Å². The van der Waals surface area contributed by atoms with Crippen molar-refractivity contribution in [3.8, 4) is 5.75 Å². The quantitative estimate of drug-likeness (QED) is 0.802. The predicted octanol–water partition coefficient (Wildman–Crippen LogP) is 4.19. The number of fused-ring (bicyclic) bond motifs is 1. The van der Waals surface area contributed by atoms with Crippen LogP contribution in [0.3, 0.4) is 0 Å². The molecule has 0 spiro atoms. The summed E-state index contributed by atoms with van der Waals surface area (Å²) in [5, 5.41) is 3.00. The summed E-state index contributed by atoms with van der Waals surface area (Å²) in [5.74, 6) is 0.651. The number of carbonyl (C=O) groups excluding carboxylic acids is 2. The van der Waals surface area contributed by atoms with Gasteiger partial charge in [-0.2, -0.15) is 0 Å². The fourth-order valence-electron chi connectivity index (χ4n) is 3.44. The molecule has 1 N–H and O–H groups in total. The number of nitrogens with one attached hydrogen (secondary N) is 1. The lowest BCUT2D eigenvalue weighted by atomic mass is 9.82. The Labute approximate surface area is 172 Å². The van der Waals surface area contributed by atoms with E-state index in [0.717, 1.165) is 36.3 Å². The molecule has 2 aromatic carbocycles. The van der Waals surface area contributed by atoms with Gasteiger partial charge in [0, 0.05) is 11.6 Å². The van der Waals surface area contributed by atoms with Gasteiger partial charge in [-0.25, -0.2) is 0 Å². The van der Waals surface area contributed by atoms with E-state index < -0.39 is 0 Å². The Morgan fingerprint density at radius 3 is 2.55 bits per heavy atom. The van der Waals surface area contributed by atoms with Gasteiger partial charge in [-0.05, 0) is 60.1 Å². The monoisotopic (exact) mass is 392 g/mol. The highest BCUT2D eigenvalue weighted by Gasteiger charge is 2.28. The second-order valence-corrected chi connectivity index (χ2v) is 8.63. The Morgan fingerprint density at radius 2 is 1.90 bits per heavy atom. The summed E-state index contributed by atoms with van der Waals surface area (Å²) in [6.07, 6.45) is 3.14. The normalized spacial score (nSPS) is 16.2. The van der Waals surface area contributed by atoms with E-state index in [2.05, 4.69) is 38.2 Å². The van der Waals surface area contributed by atoms with E-state index in [1.807, 2.05) is 30.3 Å². The molecule has 0 aromatic heterocycles. The van der Waals surface area contributed by atoms with Crippen molar-refractivity contribution in [3.63, 3.8) is 0 Å². The lowest BCUT2D eigenvalue weighted by molar-refractivity contribution is -0.121. The number of hydrogen-bond acceptors (Lipinski definition) is 3. The smallest absolute Gasteiger partial charge is 0.265 e. The molecule has 152 valence electrons. The standard InChI is InChI=1S/C24H28N2O3/c1-4-24(2,3)18-9-12-21-20(13-18)26(22(27)15-29-21)14-16-5-7-17(8-6-16)23(28)25-19-10-11-19/h5-9,12-13,19H,4,10-11,14-15H2,1-3H3,(H,25,28). The fraction of sp³-hybridized carbons (Fsp3) is 0.417. The highest BCUT2D eigenvalue weighted by molar-refractivity contribution is 5.98. The van der Waals surface area contributed by atoms with Crippen molar-refractivity contribution >= 4 is 17.5 Å². The van der Waals surface area contributed by atoms with Crippen molar-refractivity contribution in [2.75, 3.05) is 11.5 Å². The average molecular weight is 392 g/mol. The third-order valence-corrected chi connectivity index (χ3v) is 6.04. The highest BCUT2D eigenvalue weighted by atomic mass is 16.5. The van der Waals surface area contributed by atoms with Gasteiger partial charge in [-0.3, -0.25) is 9.59 Å². The molecule has 2 aliphatic rings. The van der Waals surface area contributed by atoms with Crippen LogP contribution in [0.5, 0.6) is 5.75 Å².